The molecule has 9 aromatic carbocycles. The van der Waals surface area contributed by atoms with Gasteiger partial charge in [-0.15, -0.1) is 0 Å². The highest BCUT2D eigenvalue weighted by atomic mass is 16.5. The number of hydrogen-bond donors (Lipinski definition) is 3. The lowest BCUT2D eigenvalue weighted by atomic mass is 9.50. The maximum Gasteiger partial charge on any atom is 0.335 e. The molecular formula is C81H66O18. The number of carboxylic acid groups (broad SMARTS) is 3. The van der Waals surface area contributed by atoms with Crippen molar-refractivity contribution in [2.45, 2.75) is 56.3 Å². The summed E-state index contributed by atoms with van der Waals surface area (Å²) in [5.74, 6) is -7.31. The van der Waals surface area contributed by atoms with Crippen LogP contribution in [-0.4, -0.2) is 87.3 Å². The number of carboxylic acids is 3. The maximum atomic E-state index is 13.7. The van der Waals surface area contributed by atoms with Crippen LogP contribution in [0.2, 0.25) is 0 Å². The first-order valence-corrected chi connectivity index (χ1v) is 31.7. The number of rotatable bonds is 24. The number of Topliss-reactive ketones (excluding diaryl/α,β-unsaturated/α-hetero) is 6. The van der Waals surface area contributed by atoms with Crippen molar-refractivity contribution in [3.63, 3.8) is 0 Å². The molecule has 0 aliphatic heterocycles. The molecule has 12 atom stereocenters. The van der Waals surface area contributed by atoms with E-state index in [0.29, 0.717) is 53.4 Å². The fourth-order valence-corrected chi connectivity index (χ4v) is 14.6. The van der Waals surface area contributed by atoms with Crippen LogP contribution in [0.25, 0.3) is 0 Å². The van der Waals surface area contributed by atoms with Gasteiger partial charge in [0.15, 0.2) is 17.3 Å². The van der Waals surface area contributed by atoms with Crippen LogP contribution in [-0.2, 0) is 28.8 Å². The Morgan fingerprint density at radius 1 is 0.253 bits per heavy atom. The molecule has 0 bridgehead atoms. The van der Waals surface area contributed by atoms with Gasteiger partial charge in [0.2, 0.25) is 0 Å². The molecule has 3 N–H and O–H groups in total. The van der Waals surface area contributed by atoms with Crippen molar-refractivity contribution in [3.8, 4) is 17.2 Å². The van der Waals surface area contributed by atoms with Gasteiger partial charge in [0, 0.05) is 87.7 Å². The molecule has 18 nitrogen and oxygen atoms in total. The molecule has 0 amide bonds. The third-order valence-corrected chi connectivity index (χ3v) is 19.1. The molecule has 18 heteroatoms. The Hall–Kier alpha value is -12.2. The molecule has 99 heavy (non-hydrogen) atoms. The molecular weight excluding hydrogens is 1260 g/mol. The smallest absolute Gasteiger partial charge is 0.335 e. The number of hydrogen-bond acceptors (Lipinski definition) is 15. The molecule has 9 aromatic rings. The van der Waals surface area contributed by atoms with Crippen LogP contribution in [0.15, 0.2) is 237 Å². The average Bonchev–Trinajstić information content (AvgIpc) is 0.736. The lowest BCUT2D eigenvalue weighted by molar-refractivity contribution is -0.127. The van der Waals surface area contributed by atoms with Crippen molar-refractivity contribution >= 4 is 72.0 Å². The summed E-state index contributed by atoms with van der Waals surface area (Å²) in [7, 11) is 0. The summed E-state index contributed by atoms with van der Waals surface area (Å²) in [6.07, 6.45) is 0. The van der Waals surface area contributed by atoms with E-state index < -0.39 is 53.4 Å². The number of benzene rings is 9. The summed E-state index contributed by atoms with van der Waals surface area (Å²) in [6.45, 7) is 5.57. The Kier molecular flexibility index (Phi) is 21.9. The second-order valence-electron chi connectivity index (χ2n) is 24.5. The van der Waals surface area contributed by atoms with Gasteiger partial charge in [0.1, 0.15) is 34.6 Å². The van der Waals surface area contributed by atoms with E-state index in [1.165, 1.54) is 57.2 Å². The fraction of sp³-hybridized carbons (Fsp3) is 0.185. The fourth-order valence-electron chi connectivity index (χ4n) is 14.6. The van der Waals surface area contributed by atoms with Crippen LogP contribution in [0.4, 0.5) is 0 Å². The number of carbonyl (C=O) groups excluding carboxylic acids is 9. The molecule has 3 aliphatic rings. The molecule has 0 unspecified atom stereocenters. The summed E-state index contributed by atoms with van der Waals surface area (Å²) in [5, 5.41) is 27.7. The summed E-state index contributed by atoms with van der Waals surface area (Å²) in [5.41, 5.74) is 6.79. The quantitative estimate of drug-likeness (QED) is 0.0374. The number of aromatic carboxylic acids is 3. The monoisotopic (exact) mass is 1330 g/mol. The summed E-state index contributed by atoms with van der Waals surface area (Å²) in [6, 6.07) is 66.5. The highest BCUT2D eigenvalue weighted by Crippen LogP contribution is 2.61. The second kappa shape index (κ2) is 31.1. The van der Waals surface area contributed by atoms with E-state index in [4.69, 9.17) is 14.2 Å². The van der Waals surface area contributed by atoms with Crippen LogP contribution in [0, 0.1) is 35.5 Å². The summed E-state index contributed by atoms with van der Waals surface area (Å²) >= 11 is 0. The van der Waals surface area contributed by atoms with Crippen LogP contribution in [0.1, 0.15) is 152 Å². The van der Waals surface area contributed by atoms with E-state index in [1.807, 2.05) is 91.0 Å². The standard InChI is InChI=1S/3C27H22O6/c3*1-16(29)22-23(17-5-3-2-4-6-17)25(24(22)18-7-9-20(10-8-18)27(31)32)26(30)19-11-13-21(14-12-19)33-15-28/h3*2-15,22-25H,1H3,(H,31,32)/t2*22-,23+,24+,25-;22-,23-,24+,25+/m000/s1. The molecule has 0 saturated heterocycles. The summed E-state index contributed by atoms with van der Waals surface area (Å²) < 4.78 is 14.5. The highest BCUT2D eigenvalue weighted by Gasteiger charge is 2.59. The SMILES string of the molecule is CC(=O)[C@@H]1[C@@H](c2ccc(C(=O)O)cc2)[C@H](C(=O)c2ccc(OC=O)cc2)[C@H]1c1ccccc1.CC(=O)[C@H]1[C@@H](c2ccccc2)[C@H](C(=O)c2ccc(OC=O)cc2)[C@@H]1c1ccc(C(=O)O)cc1.CC(=O)[C@H]1[C@@H](c2ccccc2)[C@H](C(=O)c2ccc(OC=O)cc2)[C@@H]1c1ccc(C(=O)O)cc1. The normalized spacial score (nSPS) is 21.5. The van der Waals surface area contributed by atoms with Gasteiger partial charge in [-0.2, -0.15) is 0 Å². The van der Waals surface area contributed by atoms with E-state index >= 15 is 0 Å². The number of ketones is 6. The van der Waals surface area contributed by atoms with Gasteiger partial charge in [-0.05, 0) is 163 Å². The van der Waals surface area contributed by atoms with Crippen LogP contribution < -0.4 is 14.2 Å². The highest BCUT2D eigenvalue weighted by molar-refractivity contribution is 6.04. The van der Waals surface area contributed by atoms with Crippen molar-refractivity contribution in [1.82, 2.24) is 0 Å². The Bertz CT molecular complexity index is 4000. The lowest BCUT2D eigenvalue weighted by Gasteiger charge is -2.51. The Labute approximate surface area is 568 Å². The zero-order valence-electron chi connectivity index (χ0n) is 53.6. The molecule has 3 aliphatic carbocycles. The molecule has 3 fully saturated rings. The molecule has 0 heterocycles. The third kappa shape index (κ3) is 15.0. The van der Waals surface area contributed by atoms with Crippen LogP contribution in [0.3, 0.4) is 0 Å². The molecule has 498 valence electrons. The third-order valence-electron chi connectivity index (χ3n) is 19.1. The average molecular weight is 1330 g/mol. The van der Waals surface area contributed by atoms with Crippen molar-refractivity contribution in [1.29, 1.82) is 0 Å². The number of ether oxygens (including phenoxy) is 3. The van der Waals surface area contributed by atoms with Crippen molar-refractivity contribution < 1.29 is 87.1 Å². The van der Waals surface area contributed by atoms with Crippen molar-refractivity contribution in [3.05, 3.63) is 303 Å². The molecule has 12 rings (SSSR count). The van der Waals surface area contributed by atoms with Crippen LogP contribution in [0.5, 0.6) is 17.2 Å². The minimum absolute atomic E-state index is 0.0186. The van der Waals surface area contributed by atoms with E-state index in [9.17, 15) is 72.9 Å². The topological polar surface area (TPSA) is 293 Å². The first-order chi connectivity index (χ1) is 47.8. The predicted molar refractivity (Wildman–Crippen MR) is 361 cm³/mol. The molecule has 0 radical (unpaired) electrons. The predicted octanol–water partition coefficient (Wildman–Crippen LogP) is 13.5. The zero-order valence-corrected chi connectivity index (χ0v) is 53.6. The Morgan fingerprint density at radius 2 is 0.434 bits per heavy atom. The Morgan fingerprint density at radius 3 is 0.606 bits per heavy atom. The summed E-state index contributed by atoms with van der Waals surface area (Å²) in [4.78, 5) is 145. The van der Waals surface area contributed by atoms with E-state index in [-0.39, 0.29) is 86.9 Å². The van der Waals surface area contributed by atoms with E-state index in [2.05, 4.69) is 0 Å². The largest absolute Gasteiger partial charge is 0.478 e. The van der Waals surface area contributed by atoms with Crippen molar-refractivity contribution in [2.75, 3.05) is 0 Å². The minimum atomic E-state index is -1.04. The minimum Gasteiger partial charge on any atom is -0.478 e. The second-order valence-corrected chi connectivity index (χ2v) is 24.5. The maximum absolute atomic E-state index is 13.7. The van der Waals surface area contributed by atoms with Gasteiger partial charge in [0.25, 0.3) is 19.4 Å². The van der Waals surface area contributed by atoms with Gasteiger partial charge < -0.3 is 29.5 Å². The Balaban J connectivity index is 0.000000161. The molecule has 3 saturated carbocycles. The van der Waals surface area contributed by atoms with Crippen LogP contribution >= 0.6 is 0 Å². The van der Waals surface area contributed by atoms with Crippen molar-refractivity contribution in [2.24, 2.45) is 35.5 Å². The number of carbonyl (C=O) groups is 12. The van der Waals surface area contributed by atoms with Gasteiger partial charge in [-0.25, -0.2) is 14.4 Å². The van der Waals surface area contributed by atoms with Gasteiger partial charge >= 0.3 is 17.9 Å². The van der Waals surface area contributed by atoms with E-state index in [1.54, 1.807) is 109 Å². The van der Waals surface area contributed by atoms with Gasteiger partial charge in [-0.1, -0.05) is 127 Å². The first kappa shape index (κ1) is 69.6. The first-order valence-electron chi connectivity index (χ1n) is 31.7. The molecule has 0 aromatic heterocycles. The zero-order chi connectivity index (χ0) is 70.6. The molecule has 0 spiro atoms. The van der Waals surface area contributed by atoms with Gasteiger partial charge in [0.05, 0.1) is 16.7 Å². The lowest BCUT2D eigenvalue weighted by Crippen LogP contribution is -2.50. The van der Waals surface area contributed by atoms with Gasteiger partial charge in [-0.3, -0.25) is 43.2 Å². The van der Waals surface area contributed by atoms with E-state index in [0.717, 1.165) is 33.4 Å².